The van der Waals surface area contributed by atoms with E-state index in [2.05, 4.69) is 27.9 Å². The van der Waals surface area contributed by atoms with Crippen LogP contribution in [0.1, 0.15) is 24.8 Å². The fraction of sp³-hybridized carbons (Fsp3) is 0.412. The molecule has 1 fully saturated rings. The molecule has 2 aromatic rings. The van der Waals surface area contributed by atoms with Crippen molar-refractivity contribution in [3.63, 3.8) is 0 Å². The molecule has 5 heteroatoms. The molecular formula is C17H22N4O. The Labute approximate surface area is 130 Å². The first-order valence-corrected chi connectivity index (χ1v) is 7.90. The number of hydrogen-bond donors (Lipinski definition) is 2. The van der Waals surface area contributed by atoms with Gasteiger partial charge < -0.3 is 10.6 Å². The average molecular weight is 298 g/mol. The third-order valence-electron chi connectivity index (χ3n) is 4.03. The second-order valence-electron chi connectivity index (χ2n) is 5.72. The van der Waals surface area contributed by atoms with Gasteiger partial charge in [-0.1, -0.05) is 30.3 Å². The summed E-state index contributed by atoms with van der Waals surface area (Å²) in [6.07, 6.45) is 5.40. The van der Waals surface area contributed by atoms with Crippen LogP contribution in [0.15, 0.2) is 42.6 Å². The van der Waals surface area contributed by atoms with Crippen LogP contribution in [0, 0.1) is 0 Å². The minimum absolute atomic E-state index is 0.0564. The Kier molecular flexibility index (Phi) is 4.85. The smallest absolute Gasteiger partial charge is 0.227 e. The Morgan fingerprint density at radius 3 is 2.95 bits per heavy atom. The maximum Gasteiger partial charge on any atom is 0.227 e. The maximum absolute atomic E-state index is 12.1. The molecule has 1 aliphatic rings. The summed E-state index contributed by atoms with van der Waals surface area (Å²) in [5.41, 5.74) is 1.27. The van der Waals surface area contributed by atoms with Gasteiger partial charge in [-0.15, -0.1) is 0 Å². The number of aromatic nitrogens is 2. The third-order valence-corrected chi connectivity index (χ3v) is 4.03. The standard InChI is InChI=1S/C17H22N4O/c22-17(13-15-7-4-10-18-15)20-16-8-11-19-21(16)12-9-14-5-2-1-3-6-14/h1-3,5-6,8,11,15,18H,4,7,9-10,12-13H2,(H,20,22). The van der Waals surface area contributed by atoms with Crippen molar-refractivity contribution in [3.8, 4) is 0 Å². The zero-order valence-corrected chi connectivity index (χ0v) is 12.7. The Hall–Kier alpha value is -2.14. The number of carbonyl (C=O) groups is 1. The fourth-order valence-electron chi connectivity index (χ4n) is 2.85. The number of benzene rings is 1. The lowest BCUT2D eigenvalue weighted by atomic mass is 10.1. The van der Waals surface area contributed by atoms with E-state index in [4.69, 9.17) is 0 Å². The predicted molar refractivity (Wildman–Crippen MR) is 86.6 cm³/mol. The van der Waals surface area contributed by atoms with E-state index in [1.165, 1.54) is 5.56 Å². The zero-order valence-electron chi connectivity index (χ0n) is 12.7. The van der Waals surface area contributed by atoms with Gasteiger partial charge in [0.1, 0.15) is 5.82 Å². The lowest BCUT2D eigenvalue weighted by Crippen LogP contribution is -2.28. The largest absolute Gasteiger partial charge is 0.313 e. The molecule has 1 aromatic heterocycles. The van der Waals surface area contributed by atoms with E-state index in [-0.39, 0.29) is 5.91 Å². The molecule has 1 saturated heterocycles. The number of nitrogens with zero attached hydrogens (tertiary/aromatic N) is 2. The van der Waals surface area contributed by atoms with E-state index >= 15 is 0 Å². The van der Waals surface area contributed by atoms with E-state index in [0.29, 0.717) is 12.5 Å². The molecule has 1 unspecified atom stereocenters. The minimum Gasteiger partial charge on any atom is -0.313 e. The van der Waals surface area contributed by atoms with Gasteiger partial charge in [-0.05, 0) is 31.4 Å². The topological polar surface area (TPSA) is 59.0 Å². The number of aryl methyl sites for hydroxylation is 2. The molecule has 5 nitrogen and oxygen atoms in total. The molecule has 1 atom stereocenters. The summed E-state index contributed by atoms with van der Waals surface area (Å²) in [6.45, 7) is 1.78. The highest BCUT2D eigenvalue weighted by molar-refractivity contribution is 5.90. The first-order valence-electron chi connectivity index (χ1n) is 7.90. The van der Waals surface area contributed by atoms with Crippen LogP contribution in [0.5, 0.6) is 0 Å². The van der Waals surface area contributed by atoms with E-state index in [1.807, 2.05) is 28.9 Å². The van der Waals surface area contributed by atoms with Crippen LogP contribution in [0.3, 0.4) is 0 Å². The van der Waals surface area contributed by atoms with E-state index in [0.717, 1.165) is 38.2 Å². The molecule has 0 saturated carbocycles. The summed E-state index contributed by atoms with van der Waals surface area (Å²) in [6, 6.07) is 12.5. The second kappa shape index (κ2) is 7.22. The van der Waals surface area contributed by atoms with Gasteiger partial charge in [0.25, 0.3) is 0 Å². The molecule has 3 rings (SSSR count). The minimum atomic E-state index is 0.0564. The monoisotopic (exact) mass is 298 g/mol. The summed E-state index contributed by atoms with van der Waals surface area (Å²) in [5, 5.41) is 10.6. The van der Waals surface area contributed by atoms with E-state index < -0.39 is 0 Å². The van der Waals surface area contributed by atoms with Crippen molar-refractivity contribution >= 4 is 11.7 Å². The number of nitrogens with one attached hydrogen (secondary N) is 2. The van der Waals surface area contributed by atoms with Crippen molar-refractivity contribution < 1.29 is 4.79 Å². The highest BCUT2D eigenvalue weighted by atomic mass is 16.1. The lowest BCUT2D eigenvalue weighted by molar-refractivity contribution is -0.116. The Bertz CT molecular complexity index is 602. The first-order chi connectivity index (χ1) is 10.8. The van der Waals surface area contributed by atoms with Crippen LogP contribution >= 0.6 is 0 Å². The number of carbonyl (C=O) groups excluding carboxylic acids is 1. The Balaban J connectivity index is 1.53. The molecule has 2 heterocycles. The van der Waals surface area contributed by atoms with Crippen LogP contribution in [0.2, 0.25) is 0 Å². The number of anilines is 1. The summed E-state index contributed by atoms with van der Waals surface area (Å²) in [7, 11) is 0. The molecule has 2 N–H and O–H groups in total. The van der Waals surface area contributed by atoms with Gasteiger partial charge in [0.05, 0.1) is 6.20 Å². The number of amides is 1. The van der Waals surface area contributed by atoms with Gasteiger partial charge in [-0.3, -0.25) is 4.79 Å². The van der Waals surface area contributed by atoms with Crippen LogP contribution in [0.4, 0.5) is 5.82 Å². The summed E-state index contributed by atoms with van der Waals surface area (Å²) in [4.78, 5) is 12.1. The number of rotatable bonds is 6. The summed E-state index contributed by atoms with van der Waals surface area (Å²) < 4.78 is 1.85. The third kappa shape index (κ3) is 3.95. The lowest BCUT2D eigenvalue weighted by Gasteiger charge is -2.12. The van der Waals surface area contributed by atoms with Crippen molar-refractivity contribution in [1.29, 1.82) is 0 Å². The van der Waals surface area contributed by atoms with Gasteiger partial charge in [0.2, 0.25) is 5.91 Å². The SMILES string of the molecule is O=C(CC1CCCN1)Nc1ccnn1CCc1ccccc1. The van der Waals surface area contributed by atoms with Crippen LogP contribution in [0.25, 0.3) is 0 Å². The average Bonchev–Trinajstić information content (AvgIpc) is 3.18. The molecule has 1 aromatic carbocycles. The van der Waals surface area contributed by atoms with Crippen molar-refractivity contribution in [2.75, 3.05) is 11.9 Å². The highest BCUT2D eigenvalue weighted by Crippen LogP contribution is 2.12. The van der Waals surface area contributed by atoms with Crippen LogP contribution < -0.4 is 10.6 Å². The molecule has 1 aliphatic heterocycles. The first kappa shape index (κ1) is 14.8. The second-order valence-corrected chi connectivity index (χ2v) is 5.72. The molecule has 0 bridgehead atoms. The predicted octanol–water partition coefficient (Wildman–Crippen LogP) is 2.21. The van der Waals surface area contributed by atoms with Crippen molar-refractivity contribution in [1.82, 2.24) is 15.1 Å². The molecule has 1 amide bonds. The quantitative estimate of drug-likeness (QED) is 0.859. The summed E-state index contributed by atoms with van der Waals surface area (Å²) in [5.74, 6) is 0.833. The van der Waals surface area contributed by atoms with Gasteiger partial charge in [0.15, 0.2) is 0 Å². The number of hydrogen-bond acceptors (Lipinski definition) is 3. The van der Waals surface area contributed by atoms with Crippen LogP contribution in [-0.2, 0) is 17.8 Å². The molecule has 0 radical (unpaired) electrons. The Morgan fingerprint density at radius 1 is 1.32 bits per heavy atom. The fourth-order valence-corrected chi connectivity index (χ4v) is 2.85. The van der Waals surface area contributed by atoms with Crippen molar-refractivity contribution in [2.24, 2.45) is 0 Å². The van der Waals surface area contributed by atoms with Gasteiger partial charge in [-0.2, -0.15) is 5.10 Å². The van der Waals surface area contributed by atoms with E-state index in [9.17, 15) is 4.79 Å². The zero-order chi connectivity index (χ0) is 15.2. The van der Waals surface area contributed by atoms with Crippen molar-refractivity contribution in [3.05, 3.63) is 48.2 Å². The Morgan fingerprint density at radius 2 is 2.18 bits per heavy atom. The normalized spacial score (nSPS) is 17.5. The van der Waals surface area contributed by atoms with Crippen molar-refractivity contribution in [2.45, 2.75) is 38.3 Å². The summed E-state index contributed by atoms with van der Waals surface area (Å²) >= 11 is 0. The molecule has 22 heavy (non-hydrogen) atoms. The van der Waals surface area contributed by atoms with Gasteiger partial charge >= 0.3 is 0 Å². The van der Waals surface area contributed by atoms with E-state index in [1.54, 1.807) is 6.20 Å². The molecular weight excluding hydrogens is 276 g/mol. The maximum atomic E-state index is 12.1. The van der Waals surface area contributed by atoms with Gasteiger partial charge in [-0.25, -0.2) is 4.68 Å². The molecule has 116 valence electrons. The van der Waals surface area contributed by atoms with Gasteiger partial charge in [0, 0.05) is 25.1 Å². The highest BCUT2D eigenvalue weighted by Gasteiger charge is 2.18. The van der Waals surface area contributed by atoms with Crippen LogP contribution in [-0.4, -0.2) is 28.3 Å². The molecule has 0 aliphatic carbocycles. The molecule has 0 spiro atoms.